The number of aromatic nitrogens is 2. The first-order valence-electron chi connectivity index (χ1n) is 11.9. The van der Waals surface area contributed by atoms with E-state index < -0.39 is 11.2 Å². The maximum absolute atomic E-state index is 13.2. The highest BCUT2D eigenvalue weighted by Gasteiger charge is 2.18. The second-order valence-electron chi connectivity index (χ2n) is 7.98. The van der Waals surface area contributed by atoms with Crippen molar-refractivity contribution in [2.45, 2.75) is 29.1 Å². The fraction of sp³-hybridized carbons (Fsp3) is 0.148. The molecule has 3 N–H and O–H groups in total. The average Bonchev–Trinajstić information content (AvgIpc) is 3.61. The van der Waals surface area contributed by atoms with Gasteiger partial charge in [-0.3, -0.25) is 19.7 Å². The highest BCUT2D eigenvalue weighted by atomic mass is 32.2. The lowest BCUT2D eigenvalue weighted by Crippen LogP contribution is -2.30. The second-order valence-corrected chi connectivity index (χ2v) is 12.2. The minimum Gasteiger partial charge on any atom is -0.321 e. The maximum atomic E-state index is 13.2. The summed E-state index contributed by atoms with van der Waals surface area (Å²) in [4.78, 5) is 43.8. The van der Waals surface area contributed by atoms with E-state index in [0.29, 0.717) is 21.5 Å². The van der Waals surface area contributed by atoms with Gasteiger partial charge in [0.15, 0.2) is 0 Å². The van der Waals surface area contributed by atoms with Gasteiger partial charge in [0.25, 0.3) is 11.8 Å². The smallest absolute Gasteiger partial charge is 0.272 e. The lowest BCUT2D eigenvalue weighted by molar-refractivity contribution is -0.115. The molecule has 0 bridgehead atoms. The van der Waals surface area contributed by atoms with Crippen molar-refractivity contribution < 1.29 is 14.4 Å². The summed E-state index contributed by atoms with van der Waals surface area (Å²) in [6, 6.07) is 17.8. The van der Waals surface area contributed by atoms with Crippen LogP contribution in [-0.4, -0.2) is 38.1 Å². The van der Waals surface area contributed by atoms with Gasteiger partial charge in [0.2, 0.25) is 16.2 Å². The highest BCUT2D eigenvalue weighted by molar-refractivity contribution is 8.00. The molecule has 0 saturated carbocycles. The number of nitrogens with zero attached hydrogens (tertiary/aromatic N) is 2. The van der Waals surface area contributed by atoms with Crippen molar-refractivity contribution in [3.8, 4) is 0 Å². The summed E-state index contributed by atoms with van der Waals surface area (Å²) in [5, 5.41) is 12.9. The Hall–Kier alpha value is -3.45. The number of nitrogens with one attached hydrogen (secondary N) is 3. The highest BCUT2D eigenvalue weighted by Crippen LogP contribution is 2.27. The predicted molar refractivity (Wildman–Crippen MR) is 162 cm³/mol. The number of thiophene rings is 1. The number of hydrogen-bond donors (Lipinski definition) is 3. The van der Waals surface area contributed by atoms with Crippen LogP contribution >= 0.6 is 46.4 Å². The molecule has 4 aromatic rings. The molecule has 8 nitrogen and oxygen atoms in total. The Kier molecular flexibility index (Phi) is 10.3. The molecular formula is C27H25N5O3S4. The van der Waals surface area contributed by atoms with Crippen LogP contribution < -0.4 is 16.0 Å². The Bertz CT molecular complexity index is 1460. The van der Waals surface area contributed by atoms with Crippen LogP contribution in [0.2, 0.25) is 0 Å². The number of amides is 3. The molecule has 2 heterocycles. The Morgan fingerprint density at radius 2 is 1.87 bits per heavy atom. The molecule has 0 saturated heterocycles. The van der Waals surface area contributed by atoms with Crippen LogP contribution in [0.15, 0.2) is 87.2 Å². The molecule has 4 rings (SSSR count). The summed E-state index contributed by atoms with van der Waals surface area (Å²) < 4.78 is 4.22. The second kappa shape index (κ2) is 14.1. The van der Waals surface area contributed by atoms with Gasteiger partial charge in [-0.1, -0.05) is 43.0 Å². The largest absolute Gasteiger partial charge is 0.321 e. The summed E-state index contributed by atoms with van der Waals surface area (Å²) in [6.07, 6.45) is 1.63. The number of carbonyl (C=O) groups excluding carboxylic acids is 3. The van der Waals surface area contributed by atoms with Crippen molar-refractivity contribution in [2.75, 3.05) is 16.4 Å². The summed E-state index contributed by atoms with van der Waals surface area (Å²) in [5.74, 6) is -0.181. The van der Waals surface area contributed by atoms with Crippen LogP contribution in [0.1, 0.15) is 29.8 Å². The van der Waals surface area contributed by atoms with E-state index in [1.54, 1.807) is 55.5 Å². The van der Waals surface area contributed by atoms with Crippen LogP contribution in [-0.2, 0) is 9.59 Å². The number of hydrogen-bond acceptors (Lipinski definition) is 9. The van der Waals surface area contributed by atoms with Crippen molar-refractivity contribution >= 4 is 81.0 Å². The zero-order chi connectivity index (χ0) is 27.6. The number of thioether (sulfide) groups is 2. The fourth-order valence-corrected chi connectivity index (χ4v) is 6.04. The van der Waals surface area contributed by atoms with Crippen LogP contribution in [0.4, 0.5) is 10.8 Å². The molecule has 0 aliphatic rings. The molecule has 1 atom stereocenters. The summed E-state index contributed by atoms with van der Waals surface area (Å²) in [6.45, 7) is 3.82. The van der Waals surface area contributed by atoms with E-state index in [2.05, 4.69) is 25.3 Å². The molecule has 1 unspecified atom stereocenters. The zero-order valence-corrected chi connectivity index (χ0v) is 24.3. The van der Waals surface area contributed by atoms with E-state index in [-0.39, 0.29) is 17.5 Å². The molecule has 3 amide bonds. The molecule has 2 aromatic carbocycles. The van der Waals surface area contributed by atoms with Gasteiger partial charge in [-0.2, -0.15) is 20.7 Å². The molecule has 12 heteroatoms. The van der Waals surface area contributed by atoms with Gasteiger partial charge in [0.05, 0.1) is 5.25 Å². The third kappa shape index (κ3) is 8.52. The van der Waals surface area contributed by atoms with Gasteiger partial charge < -0.3 is 10.6 Å². The minimum atomic E-state index is -0.463. The molecule has 0 spiro atoms. The molecule has 2 aromatic heterocycles. The topological polar surface area (TPSA) is 113 Å². The Morgan fingerprint density at radius 1 is 1.05 bits per heavy atom. The van der Waals surface area contributed by atoms with E-state index in [9.17, 15) is 14.4 Å². The molecule has 0 fully saturated rings. The maximum Gasteiger partial charge on any atom is 0.272 e. The van der Waals surface area contributed by atoms with Crippen LogP contribution in [0.3, 0.4) is 0 Å². The van der Waals surface area contributed by atoms with Crippen molar-refractivity contribution in [1.82, 2.24) is 14.7 Å². The first-order chi connectivity index (χ1) is 18.9. The van der Waals surface area contributed by atoms with Gasteiger partial charge in [0.1, 0.15) is 5.70 Å². The minimum absolute atomic E-state index is 0.116. The zero-order valence-electron chi connectivity index (χ0n) is 21.0. The van der Waals surface area contributed by atoms with Crippen LogP contribution in [0.5, 0.6) is 0 Å². The molecule has 39 heavy (non-hydrogen) atoms. The summed E-state index contributed by atoms with van der Waals surface area (Å²) in [5.41, 5.74) is 1.90. The van der Waals surface area contributed by atoms with Gasteiger partial charge in [-0.15, -0.1) is 11.8 Å². The first-order valence-corrected chi connectivity index (χ1v) is 15.4. The van der Waals surface area contributed by atoms with E-state index >= 15 is 0 Å². The number of rotatable bonds is 11. The Labute approximate surface area is 242 Å². The van der Waals surface area contributed by atoms with E-state index in [1.165, 1.54) is 34.9 Å². The fourth-order valence-electron chi connectivity index (χ4n) is 3.22. The standard InChI is InChI=1S/C27H25N5O3S4/c1-3-37-27-31-26(39-32-27)30-23(33)17(2)38-21-11-7-10-20(15-21)28-25(35)22(14-18-12-13-36-16-18)29-24(34)19-8-5-4-6-9-19/h4-17H,3H2,1-2H3,(H,28,35)(H,29,34)(H,30,31,32,33)/b22-14-. The third-order valence-electron chi connectivity index (χ3n) is 5.07. The Balaban J connectivity index is 1.42. The summed E-state index contributed by atoms with van der Waals surface area (Å²) in [7, 11) is 0. The Morgan fingerprint density at radius 3 is 2.62 bits per heavy atom. The van der Waals surface area contributed by atoms with Gasteiger partial charge in [-0.05, 0) is 71.5 Å². The average molecular weight is 596 g/mol. The summed E-state index contributed by atoms with van der Waals surface area (Å²) >= 11 is 5.52. The molecule has 0 aliphatic heterocycles. The molecule has 0 radical (unpaired) electrons. The van der Waals surface area contributed by atoms with Crippen molar-refractivity contribution in [3.63, 3.8) is 0 Å². The monoisotopic (exact) mass is 595 g/mol. The van der Waals surface area contributed by atoms with E-state index in [4.69, 9.17) is 0 Å². The quantitative estimate of drug-likeness (QED) is 0.139. The van der Waals surface area contributed by atoms with Gasteiger partial charge in [0, 0.05) is 27.7 Å². The third-order valence-corrected chi connectivity index (χ3v) is 8.34. The molecule has 200 valence electrons. The van der Waals surface area contributed by atoms with Gasteiger partial charge >= 0.3 is 0 Å². The molecule has 0 aliphatic carbocycles. The van der Waals surface area contributed by atoms with Gasteiger partial charge in [-0.25, -0.2) is 0 Å². The number of benzene rings is 2. The van der Waals surface area contributed by atoms with Crippen molar-refractivity contribution in [3.05, 3.63) is 88.2 Å². The van der Waals surface area contributed by atoms with Crippen LogP contribution in [0.25, 0.3) is 6.08 Å². The lowest BCUT2D eigenvalue weighted by atomic mass is 10.2. The van der Waals surface area contributed by atoms with Crippen molar-refractivity contribution in [2.24, 2.45) is 0 Å². The van der Waals surface area contributed by atoms with Crippen LogP contribution in [0, 0.1) is 0 Å². The predicted octanol–water partition coefficient (Wildman–Crippen LogP) is 6.24. The first kappa shape index (κ1) is 28.6. The SMILES string of the molecule is CCSc1nsc(NC(=O)C(C)Sc2cccc(NC(=O)/C(=C/c3ccsc3)NC(=O)c3ccccc3)c2)n1. The number of carbonyl (C=O) groups is 3. The lowest BCUT2D eigenvalue weighted by Gasteiger charge is -2.13. The molecular weight excluding hydrogens is 571 g/mol. The van der Waals surface area contributed by atoms with E-state index in [0.717, 1.165) is 27.7 Å². The van der Waals surface area contributed by atoms with Crippen molar-refractivity contribution in [1.29, 1.82) is 0 Å². The number of anilines is 2. The normalized spacial score (nSPS) is 12.0. The van der Waals surface area contributed by atoms with E-state index in [1.807, 2.05) is 35.9 Å².